The van der Waals surface area contributed by atoms with Crippen LogP contribution in [-0.2, 0) is 4.74 Å². The molecule has 0 spiro atoms. The fraction of sp³-hybridized carbons (Fsp3) is 0.786. The van der Waals surface area contributed by atoms with Gasteiger partial charge < -0.3 is 15.4 Å². The molecule has 1 heterocycles. The van der Waals surface area contributed by atoms with Crippen LogP contribution in [-0.4, -0.2) is 38.3 Å². The highest BCUT2D eigenvalue weighted by Gasteiger charge is 2.33. The summed E-state index contributed by atoms with van der Waals surface area (Å²) in [4.78, 5) is 4.63. The topological polar surface area (TPSA) is 45.7 Å². The highest BCUT2D eigenvalue weighted by Crippen LogP contribution is 2.28. The first kappa shape index (κ1) is 16.8. The van der Waals surface area contributed by atoms with Crippen molar-refractivity contribution in [2.75, 3.05) is 26.3 Å². The van der Waals surface area contributed by atoms with Gasteiger partial charge >= 0.3 is 0 Å². The van der Waals surface area contributed by atoms with E-state index in [9.17, 15) is 0 Å². The number of nitrogens with zero attached hydrogens (tertiary/aromatic N) is 1. The summed E-state index contributed by atoms with van der Waals surface area (Å²) in [6.45, 7) is 7.80. The van der Waals surface area contributed by atoms with Gasteiger partial charge in [-0.3, -0.25) is 4.99 Å². The molecule has 2 atom stereocenters. The minimum absolute atomic E-state index is 0. The van der Waals surface area contributed by atoms with E-state index in [0.717, 1.165) is 51.0 Å². The summed E-state index contributed by atoms with van der Waals surface area (Å²) in [6.07, 6.45) is 5.59. The number of hydrogen-bond acceptors (Lipinski definition) is 2. The Hall–Kier alpha value is -0.300. The lowest BCUT2D eigenvalue weighted by Crippen LogP contribution is -2.39. The smallest absolute Gasteiger partial charge is 0.191 e. The lowest BCUT2D eigenvalue weighted by Gasteiger charge is -2.13. The van der Waals surface area contributed by atoms with Crippen LogP contribution < -0.4 is 10.6 Å². The van der Waals surface area contributed by atoms with E-state index in [-0.39, 0.29) is 24.0 Å². The van der Waals surface area contributed by atoms with Crippen molar-refractivity contribution in [2.24, 2.45) is 10.9 Å². The van der Waals surface area contributed by atoms with Crippen LogP contribution in [0.5, 0.6) is 0 Å². The van der Waals surface area contributed by atoms with E-state index in [1.165, 1.54) is 12.0 Å². The minimum atomic E-state index is 0. The molecule has 5 heteroatoms. The number of nitrogens with one attached hydrogen (secondary N) is 2. The van der Waals surface area contributed by atoms with E-state index in [1.54, 1.807) is 0 Å². The van der Waals surface area contributed by atoms with Crippen LogP contribution in [0.2, 0.25) is 0 Å². The molecule has 0 amide bonds. The van der Waals surface area contributed by atoms with Gasteiger partial charge in [0.25, 0.3) is 0 Å². The van der Waals surface area contributed by atoms with E-state index in [4.69, 9.17) is 4.74 Å². The Bertz CT molecular complexity index is 331. The summed E-state index contributed by atoms with van der Waals surface area (Å²) in [5.74, 6) is 1.77. The van der Waals surface area contributed by atoms with Gasteiger partial charge in [0.2, 0.25) is 0 Å². The second-order valence-corrected chi connectivity index (χ2v) is 5.16. The predicted molar refractivity (Wildman–Crippen MR) is 90.2 cm³/mol. The lowest BCUT2D eigenvalue weighted by molar-refractivity contribution is 0.153. The molecule has 19 heavy (non-hydrogen) atoms. The van der Waals surface area contributed by atoms with Crippen molar-refractivity contribution in [2.45, 2.75) is 39.2 Å². The summed E-state index contributed by atoms with van der Waals surface area (Å²) in [5.41, 5.74) is 1.49. The second-order valence-electron chi connectivity index (χ2n) is 5.16. The summed E-state index contributed by atoms with van der Waals surface area (Å²) < 4.78 is 5.30. The SMILES string of the molecule is CCNC(=NCCC1=CCOCC1)NC1CC1C.I. The van der Waals surface area contributed by atoms with Gasteiger partial charge in [0, 0.05) is 19.1 Å². The van der Waals surface area contributed by atoms with Crippen molar-refractivity contribution in [1.82, 2.24) is 10.6 Å². The first-order valence-corrected chi connectivity index (χ1v) is 7.10. The third kappa shape index (κ3) is 6.12. The van der Waals surface area contributed by atoms with Crippen molar-refractivity contribution < 1.29 is 4.74 Å². The molecular formula is C14H26IN3O. The second kappa shape index (κ2) is 8.79. The van der Waals surface area contributed by atoms with E-state index in [1.807, 2.05) is 0 Å². The van der Waals surface area contributed by atoms with Gasteiger partial charge in [-0.05, 0) is 32.1 Å². The Morgan fingerprint density at radius 3 is 2.89 bits per heavy atom. The summed E-state index contributed by atoms with van der Waals surface area (Å²) in [7, 11) is 0. The Morgan fingerprint density at radius 2 is 2.32 bits per heavy atom. The maximum atomic E-state index is 5.30. The maximum absolute atomic E-state index is 5.30. The van der Waals surface area contributed by atoms with E-state index in [0.29, 0.717) is 6.04 Å². The van der Waals surface area contributed by atoms with E-state index in [2.05, 4.69) is 35.5 Å². The molecule has 0 radical (unpaired) electrons. The van der Waals surface area contributed by atoms with E-state index >= 15 is 0 Å². The van der Waals surface area contributed by atoms with Crippen molar-refractivity contribution in [3.05, 3.63) is 11.6 Å². The highest BCUT2D eigenvalue weighted by molar-refractivity contribution is 14.0. The van der Waals surface area contributed by atoms with Crippen LogP contribution in [0.25, 0.3) is 0 Å². The first-order valence-electron chi connectivity index (χ1n) is 7.10. The molecule has 0 aromatic rings. The lowest BCUT2D eigenvalue weighted by atomic mass is 10.1. The standard InChI is InChI=1S/C14H25N3O.HI/c1-3-15-14(17-13-10-11(13)2)16-7-4-12-5-8-18-9-6-12;/h5,11,13H,3-4,6-10H2,1-2H3,(H2,15,16,17);1H. The highest BCUT2D eigenvalue weighted by atomic mass is 127. The Morgan fingerprint density at radius 1 is 1.53 bits per heavy atom. The monoisotopic (exact) mass is 379 g/mol. The largest absolute Gasteiger partial charge is 0.377 e. The molecule has 4 nitrogen and oxygen atoms in total. The minimum Gasteiger partial charge on any atom is -0.377 e. The maximum Gasteiger partial charge on any atom is 0.191 e. The van der Waals surface area contributed by atoms with Gasteiger partial charge in [0.05, 0.1) is 13.2 Å². The van der Waals surface area contributed by atoms with Crippen LogP contribution in [0.15, 0.2) is 16.6 Å². The third-order valence-electron chi connectivity index (χ3n) is 3.54. The van der Waals surface area contributed by atoms with Gasteiger partial charge in [-0.1, -0.05) is 18.6 Å². The van der Waals surface area contributed by atoms with Gasteiger partial charge in [-0.2, -0.15) is 0 Å². The molecule has 2 unspecified atom stereocenters. The van der Waals surface area contributed by atoms with Crippen LogP contribution in [0.3, 0.4) is 0 Å². The van der Waals surface area contributed by atoms with Gasteiger partial charge in [0.15, 0.2) is 5.96 Å². The number of guanidine groups is 1. The average molecular weight is 379 g/mol. The molecule has 0 bridgehead atoms. The Kier molecular flexibility index (Phi) is 7.75. The van der Waals surface area contributed by atoms with Gasteiger partial charge in [-0.15, -0.1) is 24.0 Å². The fourth-order valence-electron chi connectivity index (χ4n) is 2.12. The Balaban J connectivity index is 0.00000180. The molecule has 2 aliphatic rings. The summed E-state index contributed by atoms with van der Waals surface area (Å²) in [6, 6.07) is 0.630. The number of aliphatic imine (C=N–C) groups is 1. The molecule has 2 rings (SSSR count). The number of ether oxygens (including phenoxy) is 1. The van der Waals surface area contributed by atoms with Crippen LogP contribution in [0, 0.1) is 5.92 Å². The van der Waals surface area contributed by atoms with Crippen molar-refractivity contribution >= 4 is 29.9 Å². The zero-order valence-electron chi connectivity index (χ0n) is 11.9. The average Bonchev–Trinajstić information content (AvgIpc) is 3.06. The first-order chi connectivity index (χ1) is 8.79. The number of halogens is 1. The third-order valence-corrected chi connectivity index (χ3v) is 3.54. The molecule has 1 saturated carbocycles. The van der Waals surface area contributed by atoms with Crippen LogP contribution >= 0.6 is 24.0 Å². The normalized spacial score (nSPS) is 26.2. The van der Waals surface area contributed by atoms with E-state index < -0.39 is 0 Å². The molecule has 110 valence electrons. The number of rotatable bonds is 5. The zero-order chi connectivity index (χ0) is 12.8. The van der Waals surface area contributed by atoms with Gasteiger partial charge in [-0.25, -0.2) is 0 Å². The molecule has 1 aliphatic heterocycles. The van der Waals surface area contributed by atoms with Crippen molar-refractivity contribution in [3.63, 3.8) is 0 Å². The molecule has 2 N–H and O–H groups in total. The van der Waals surface area contributed by atoms with Crippen molar-refractivity contribution in [1.29, 1.82) is 0 Å². The molecular weight excluding hydrogens is 353 g/mol. The molecule has 0 aromatic carbocycles. The summed E-state index contributed by atoms with van der Waals surface area (Å²) >= 11 is 0. The molecule has 1 fully saturated rings. The number of hydrogen-bond donors (Lipinski definition) is 2. The Labute approximate surface area is 133 Å². The van der Waals surface area contributed by atoms with Crippen molar-refractivity contribution in [3.8, 4) is 0 Å². The molecule has 0 saturated heterocycles. The molecule has 1 aliphatic carbocycles. The predicted octanol–water partition coefficient (Wildman–Crippen LogP) is 2.30. The zero-order valence-corrected chi connectivity index (χ0v) is 14.3. The van der Waals surface area contributed by atoms with Crippen LogP contribution in [0.1, 0.15) is 33.1 Å². The van der Waals surface area contributed by atoms with Crippen LogP contribution in [0.4, 0.5) is 0 Å². The quantitative estimate of drug-likeness (QED) is 0.334. The summed E-state index contributed by atoms with van der Waals surface area (Å²) in [5, 5.41) is 6.78. The molecule has 0 aromatic heterocycles. The fourth-order valence-corrected chi connectivity index (χ4v) is 2.12. The van der Waals surface area contributed by atoms with Gasteiger partial charge in [0.1, 0.15) is 0 Å².